The second kappa shape index (κ2) is 6.04. The number of aryl methyl sites for hydroxylation is 2. The van der Waals surface area contributed by atoms with E-state index in [1.807, 2.05) is 6.92 Å². The Labute approximate surface area is 133 Å². The first-order chi connectivity index (χ1) is 10.6. The number of carbonyl (C=O) groups is 1. The van der Waals surface area contributed by atoms with Crippen molar-refractivity contribution < 1.29 is 9.90 Å². The Morgan fingerprint density at radius 1 is 1.55 bits per heavy atom. The molecule has 22 heavy (non-hydrogen) atoms. The summed E-state index contributed by atoms with van der Waals surface area (Å²) in [6.07, 6.45) is 4.79. The zero-order valence-corrected chi connectivity index (χ0v) is 13.6. The SMILES string of the molecule is Cc1nc2c(s1)CCC[C@@H]2CN(C)C(=O)c1ncccc1O. The third-order valence-corrected chi connectivity index (χ3v) is 5.05. The first-order valence-electron chi connectivity index (χ1n) is 7.42. The molecule has 116 valence electrons. The highest BCUT2D eigenvalue weighted by atomic mass is 32.1. The average molecular weight is 317 g/mol. The number of aromatic nitrogens is 2. The standard InChI is InChI=1S/C16H19N3O2S/c1-10-18-14-11(5-3-7-13(14)22-10)9-19(2)16(21)15-12(20)6-4-8-17-15/h4,6,8,11,20H,3,5,7,9H2,1-2H3/t11-/m1/s1. The van der Waals surface area contributed by atoms with Crippen LogP contribution in [0.25, 0.3) is 0 Å². The number of amides is 1. The predicted molar refractivity (Wildman–Crippen MR) is 85.4 cm³/mol. The quantitative estimate of drug-likeness (QED) is 0.945. The largest absolute Gasteiger partial charge is 0.505 e. The minimum atomic E-state index is -0.253. The molecular weight excluding hydrogens is 298 g/mol. The third-order valence-electron chi connectivity index (χ3n) is 4.01. The van der Waals surface area contributed by atoms with Crippen LogP contribution in [0.15, 0.2) is 18.3 Å². The van der Waals surface area contributed by atoms with Crippen LogP contribution < -0.4 is 0 Å². The fraction of sp³-hybridized carbons (Fsp3) is 0.438. The van der Waals surface area contributed by atoms with Crippen LogP contribution in [0.5, 0.6) is 5.75 Å². The van der Waals surface area contributed by atoms with Crippen molar-refractivity contribution in [2.75, 3.05) is 13.6 Å². The van der Waals surface area contributed by atoms with Gasteiger partial charge in [-0.1, -0.05) is 0 Å². The molecule has 5 nitrogen and oxygen atoms in total. The van der Waals surface area contributed by atoms with Gasteiger partial charge in [-0.15, -0.1) is 11.3 Å². The van der Waals surface area contributed by atoms with Crippen molar-refractivity contribution in [1.82, 2.24) is 14.9 Å². The summed E-state index contributed by atoms with van der Waals surface area (Å²) in [6, 6.07) is 3.09. The van der Waals surface area contributed by atoms with Crippen molar-refractivity contribution in [2.24, 2.45) is 0 Å². The summed E-state index contributed by atoms with van der Waals surface area (Å²) >= 11 is 1.76. The molecule has 1 atom stereocenters. The van der Waals surface area contributed by atoms with Crippen molar-refractivity contribution in [3.05, 3.63) is 39.6 Å². The maximum Gasteiger partial charge on any atom is 0.276 e. The van der Waals surface area contributed by atoms with Gasteiger partial charge in [0.25, 0.3) is 5.91 Å². The molecule has 0 radical (unpaired) electrons. The Hall–Kier alpha value is -1.95. The van der Waals surface area contributed by atoms with Crippen LogP contribution in [0.3, 0.4) is 0 Å². The molecule has 2 aromatic rings. The lowest BCUT2D eigenvalue weighted by atomic mass is 9.90. The van der Waals surface area contributed by atoms with E-state index in [2.05, 4.69) is 9.97 Å². The van der Waals surface area contributed by atoms with E-state index >= 15 is 0 Å². The molecule has 0 aliphatic heterocycles. The number of hydrogen-bond donors (Lipinski definition) is 1. The van der Waals surface area contributed by atoms with E-state index in [0.717, 1.165) is 30.0 Å². The molecule has 0 spiro atoms. The van der Waals surface area contributed by atoms with Gasteiger partial charge >= 0.3 is 0 Å². The van der Waals surface area contributed by atoms with Gasteiger partial charge in [-0.25, -0.2) is 9.97 Å². The van der Waals surface area contributed by atoms with Crippen LogP contribution in [0.2, 0.25) is 0 Å². The molecule has 0 fully saturated rings. The third kappa shape index (κ3) is 2.83. The van der Waals surface area contributed by atoms with E-state index in [-0.39, 0.29) is 23.3 Å². The predicted octanol–water partition coefficient (Wildman–Crippen LogP) is 2.74. The molecule has 3 rings (SSSR count). The lowest BCUT2D eigenvalue weighted by Crippen LogP contribution is -2.32. The van der Waals surface area contributed by atoms with Crippen molar-refractivity contribution in [3.63, 3.8) is 0 Å². The summed E-state index contributed by atoms with van der Waals surface area (Å²) in [4.78, 5) is 24.1. The van der Waals surface area contributed by atoms with Gasteiger partial charge in [0, 0.05) is 30.6 Å². The molecule has 1 amide bonds. The lowest BCUT2D eigenvalue weighted by molar-refractivity contribution is 0.0774. The topological polar surface area (TPSA) is 66.3 Å². The Balaban J connectivity index is 1.76. The molecule has 0 aromatic carbocycles. The highest BCUT2D eigenvalue weighted by Gasteiger charge is 2.27. The van der Waals surface area contributed by atoms with Gasteiger partial charge in [0.05, 0.1) is 10.7 Å². The number of fused-ring (bicyclic) bond motifs is 1. The van der Waals surface area contributed by atoms with Crippen molar-refractivity contribution in [2.45, 2.75) is 32.1 Å². The van der Waals surface area contributed by atoms with Crippen LogP contribution >= 0.6 is 11.3 Å². The minimum Gasteiger partial charge on any atom is -0.505 e. The minimum absolute atomic E-state index is 0.0758. The first-order valence-corrected chi connectivity index (χ1v) is 8.23. The Morgan fingerprint density at radius 2 is 2.36 bits per heavy atom. The van der Waals surface area contributed by atoms with Crippen molar-refractivity contribution in [3.8, 4) is 5.75 Å². The highest BCUT2D eigenvalue weighted by Crippen LogP contribution is 2.35. The second-order valence-electron chi connectivity index (χ2n) is 5.69. The summed E-state index contributed by atoms with van der Waals surface area (Å²) in [5.74, 6) is -0.0566. The van der Waals surface area contributed by atoms with Gasteiger partial charge in [-0.2, -0.15) is 0 Å². The molecule has 6 heteroatoms. The van der Waals surface area contributed by atoms with E-state index in [1.165, 1.54) is 17.1 Å². The number of hydrogen-bond acceptors (Lipinski definition) is 5. The number of nitrogens with zero attached hydrogens (tertiary/aromatic N) is 3. The molecule has 1 aliphatic carbocycles. The normalized spacial score (nSPS) is 17.1. The molecule has 0 saturated carbocycles. The van der Waals surface area contributed by atoms with E-state index in [9.17, 15) is 9.90 Å². The van der Waals surface area contributed by atoms with Gasteiger partial charge in [0.1, 0.15) is 5.75 Å². The Kier molecular flexibility index (Phi) is 4.11. The van der Waals surface area contributed by atoms with E-state index in [0.29, 0.717) is 6.54 Å². The molecule has 0 bridgehead atoms. The van der Waals surface area contributed by atoms with Crippen molar-refractivity contribution >= 4 is 17.2 Å². The zero-order chi connectivity index (χ0) is 15.7. The van der Waals surface area contributed by atoms with Gasteiger partial charge < -0.3 is 10.0 Å². The molecular formula is C16H19N3O2S. The number of aromatic hydroxyl groups is 1. The second-order valence-corrected chi connectivity index (χ2v) is 6.98. The molecule has 2 aromatic heterocycles. The monoisotopic (exact) mass is 317 g/mol. The maximum atomic E-state index is 12.4. The maximum absolute atomic E-state index is 12.4. The molecule has 0 saturated heterocycles. The highest BCUT2D eigenvalue weighted by molar-refractivity contribution is 7.11. The number of pyridine rings is 1. The Bertz CT molecular complexity index is 698. The summed E-state index contributed by atoms with van der Waals surface area (Å²) in [5.41, 5.74) is 1.26. The number of rotatable bonds is 3. The fourth-order valence-corrected chi connectivity index (χ4v) is 4.03. The molecule has 1 N–H and O–H groups in total. The average Bonchev–Trinajstić information content (AvgIpc) is 2.88. The lowest BCUT2D eigenvalue weighted by Gasteiger charge is -2.26. The summed E-state index contributed by atoms with van der Waals surface area (Å²) in [6.45, 7) is 2.63. The summed E-state index contributed by atoms with van der Waals surface area (Å²) in [5, 5.41) is 10.9. The van der Waals surface area contributed by atoms with E-state index in [4.69, 9.17) is 0 Å². The number of thiazole rings is 1. The zero-order valence-electron chi connectivity index (χ0n) is 12.7. The smallest absolute Gasteiger partial charge is 0.276 e. The first kappa shape index (κ1) is 15.0. The van der Waals surface area contributed by atoms with Crippen LogP contribution in [0.1, 0.15) is 44.8 Å². The Morgan fingerprint density at radius 3 is 3.14 bits per heavy atom. The van der Waals surface area contributed by atoms with Crippen LogP contribution in [-0.2, 0) is 6.42 Å². The molecule has 0 unspecified atom stereocenters. The van der Waals surface area contributed by atoms with Gasteiger partial charge in [-0.3, -0.25) is 4.79 Å². The van der Waals surface area contributed by atoms with Crippen molar-refractivity contribution in [1.29, 1.82) is 0 Å². The van der Waals surface area contributed by atoms with E-state index in [1.54, 1.807) is 29.4 Å². The molecule has 2 heterocycles. The number of carbonyl (C=O) groups excluding carboxylic acids is 1. The summed E-state index contributed by atoms with van der Waals surface area (Å²) < 4.78 is 0. The van der Waals surface area contributed by atoms with Crippen LogP contribution in [0.4, 0.5) is 0 Å². The fourth-order valence-electron chi connectivity index (χ4n) is 2.96. The van der Waals surface area contributed by atoms with Gasteiger partial charge in [-0.05, 0) is 38.3 Å². The van der Waals surface area contributed by atoms with E-state index < -0.39 is 0 Å². The van der Waals surface area contributed by atoms with Gasteiger partial charge in [0.2, 0.25) is 0 Å². The van der Waals surface area contributed by atoms with Crippen LogP contribution in [-0.4, -0.2) is 39.5 Å². The van der Waals surface area contributed by atoms with Gasteiger partial charge in [0.15, 0.2) is 5.69 Å². The summed E-state index contributed by atoms with van der Waals surface area (Å²) in [7, 11) is 1.75. The van der Waals surface area contributed by atoms with Crippen LogP contribution in [0, 0.1) is 6.92 Å². The molecule has 1 aliphatic rings. The number of likely N-dealkylation sites (N-methyl/N-ethyl adjacent to an activating group) is 1.